The second kappa shape index (κ2) is 8.92. The van der Waals surface area contributed by atoms with Crippen LogP contribution in [0.5, 0.6) is 0 Å². The second-order valence-corrected chi connectivity index (χ2v) is 8.34. The van der Waals surface area contributed by atoms with E-state index < -0.39 is 21.7 Å². The molecule has 0 fully saturated rings. The van der Waals surface area contributed by atoms with Gasteiger partial charge in [-0.05, 0) is 48.9 Å². The Morgan fingerprint density at radius 2 is 1.87 bits per heavy atom. The molecule has 0 unspecified atom stereocenters. The number of aryl methyl sites for hydroxylation is 1. The second-order valence-electron chi connectivity index (χ2n) is 6.37. The van der Waals surface area contributed by atoms with E-state index in [1.165, 1.54) is 42.5 Å². The van der Waals surface area contributed by atoms with Crippen LogP contribution in [0, 0.1) is 5.82 Å². The fraction of sp³-hybridized carbons (Fsp3) is 0.158. The lowest BCUT2D eigenvalue weighted by atomic mass is 10.1. The van der Waals surface area contributed by atoms with Crippen molar-refractivity contribution >= 4 is 27.5 Å². The van der Waals surface area contributed by atoms with Crippen LogP contribution >= 0.6 is 11.6 Å². The number of hydrogen-bond donors (Lipinski definition) is 3. The van der Waals surface area contributed by atoms with E-state index in [1.54, 1.807) is 5.48 Å². The number of nitrogens with zero attached hydrogens (tertiary/aromatic N) is 1. The van der Waals surface area contributed by atoms with Gasteiger partial charge in [0.25, 0.3) is 0 Å². The highest BCUT2D eigenvalue weighted by Crippen LogP contribution is 2.35. The van der Waals surface area contributed by atoms with E-state index >= 15 is 0 Å². The molecule has 0 aliphatic carbocycles. The number of oxazole rings is 1. The summed E-state index contributed by atoms with van der Waals surface area (Å²) in [5.74, 6) is -0.494. The molecule has 1 heterocycles. The van der Waals surface area contributed by atoms with Crippen molar-refractivity contribution in [1.29, 1.82) is 0 Å². The number of benzene rings is 2. The molecule has 11 heteroatoms. The molecular formula is C19H17ClFN3O5S. The lowest BCUT2D eigenvalue weighted by Crippen LogP contribution is -2.18. The van der Waals surface area contributed by atoms with Crippen LogP contribution in [0.1, 0.15) is 18.7 Å². The first-order valence-electron chi connectivity index (χ1n) is 8.70. The van der Waals surface area contributed by atoms with E-state index in [2.05, 4.69) is 4.98 Å². The molecule has 0 saturated heterocycles. The molecule has 3 aromatic rings. The molecule has 0 aliphatic rings. The monoisotopic (exact) mass is 453 g/mol. The van der Waals surface area contributed by atoms with Gasteiger partial charge in [-0.1, -0.05) is 11.6 Å². The predicted octanol–water partition coefficient (Wildman–Crippen LogP) is 3.28. The molecule has 0 radical (unpaired) electrons. The first-order chi connectivity index (χ1) is 14.2. The first kappa shape index (κ1) is 21.9. The summed E-state index contributed by atoms with van der Waals surface area (Å²) in [6.45, 7) is 0. The molecule has 0 aliphatic heterocycles. The maximum Gasteiger partial charge on any atom is 0.243 e. The first-order valence-corrected chi connectivity index (χ1v) is 10.6. The number of nitrogens with one attached hydrogen (secondary N) is 1. The normalized spacial score (nSPS) is 11.5. The number of halogens is 2. The van der Waals surface area contributed by atoms with Crippen molar-refractivity contribution in [2.75, 3.05) is 0 Å². The lowest BCUT2D eigenvalue weighted by Gasteiger charge is -2.04. The molecule has 4 N–H and O–H groups in total. The van der Waals surface area contributed by atoms with Crippen molar-refractivity contribution in [3.05, 3.63) is 59.2 Å². The number of carbonyl (C=O) groups excluding carboxylic acids is 1. The third-order valence-electron chi connectivity index (χ3n) is 4.23. The maximum absolute atomic E-state index is 13.6. The predicted molar refractivity (Wildman–Crippen MR) is 107 cm³/mol. The lowest BCUT2D eigenvalue weighted by molar-refractivity contribution is -0.129. The van der Waals surface area contributed by atoms with Gasteiger partial charge in [-0.15, -0.1) is 0 Å². The zero-order chi connectivity index (χ0) is 21.9. The van der Waals surface area contributed by atoms with E-state index in [4.69, 9.17) is 26.4 Å². The Hall–Kier alpha value is -2.79. The van der Waals surface area contributed by atoms with Crippen molar-refractivity contribution in [1.82, 2.24) is 10.5 Å². The molecule has 1 amide bonds. The summed E-state index contributed by atoms with van der Waals surface area (Å²) in [7, 11) is -3.86. The van der Waals surface area contributed by atoms with Gasteiger partial charge in [0, 0.05) is 24.0 Å². The minimum Gasteiger partial charge on any atom is -0.440 e. The topological polar surface area (TPSA) is 136 Å². The number of nitrogens with two attached hydrogens (primary N) is 1. The molecule has 1 aromatic heterocycles. The maximum atomic E-state index is 13.6. The highest BCUT2D eigenvalue weighted by molar-refractivity contribution is 7.89. The van der Waals surface area contributed by atoms with Crippen LogP contribution in [0.4, 0.5) is 4.39 Å². The Kier molecular flexibility index (Phi) is 6.52. The molecule has 0 bridgehead atoms. The Morgan fingerprint density at radius 3 is 2.47 bits per heavy atom. The van der Waals surface area contributed by atoms with Crippen LogP contribution in [0.2, 0.25) is 5.02 Å². The van der Waals surface area contributed by atoms with Crippen LogP contribution in [0.3, 0.4) is 0 Å². The van der Waals surface area contributed by atoms with Gasteiger partial charge in [-0.25, -0.2) is 28.4 Å². The third-order valence-corrected chi connectivity index (χ3v) is 5.45. The van der Waals surface area contributed by atoms with Crippen molar-refractivity contribution in [2.45, 2.75) is 24.2 Å². The average Bonchev–Trinajstić information content (AvgIpc) is 3.13. The van der Waals surface area contributed by atoms with Crippen LogP contribution in [-0.4, -0.2) is 24.5 Å². The summed E-state index contributed by atoms with van der Waals surface area (Å²) in [4.78, 5) is 15.6. The Bertz CT molecular complexity index is 1180. The Morgan fingerprint density at radius 1 is 1.20 bits per heavy atom. The van der Waals surface area contributed by atoms with Gasteiger partial charge in [0.2, 0.25) is 15.9 Å². The van der Waals surface area contributed by atoms with Gasteiger partial charge in [-0.3, -0.25) is 10.0 Å². The molecule has 30 heavy (non-hydrogen) atoms. The fourth-order valence-corrected chi connectivity index (χ4v) is 3.45. The van der Waals surface area contributed by atoms with E-state index in [0.29, 0.717) is 41.3 Å². The van der Waals surface area contributed by atoms with Gasteiger partial charge in [0.15, 0.2) is 11.7 Å². The summed E-state index contributed by atoms with van der Waals surface area (Å²) >= 11 is 5.89. The van der Waals surface area contributed by atoms with E-state index in [9.17, 15) is 17.6 Å². The minimum absolute atomic E-state index is 0.0626. The Balaban J connectivity index is 2.00. The molecule has 8 nitrogen and oxygen atoms in total. The molecule has 158 valence electrons. The van der Waals surface area contributed by atoms with Gasteiger partial charge in [-0.2, -0.15) is 0 Å². The van der Waals surface area contributed by atoms with Crippen molar-refractivity contribution in [3.63, 3.8) is 0 Å². The number of carbonyl (C=O) groups is 1. The quantitative estimate of drug-likeness (QED) is 0.371. The third kappa shape index (κ3) is 5.03. The highest BCUT2D eigenvalue weighted by atomic mass is 35.5. The summed E-state index contributed by atoms with van der Waals surface area (Å²) < 4.78 is 42.4. The summed E-state index contributed by atoms with van der Waals surface area (Å²) in [5.41, 5.74) is 2.94. The standard InChI is InChI=1S/C19H17ClFN3O5S/c20-14-10-12(6-9-15(14)21)18-19(11-4-7-13(8-5-11)30(22,27)28)29-17(23-18)3-1-2-16(25)24-26/h4-10,26H,1-3H2,(H,24,25)(H2,22,27,28). The highest BCUT2D eigenvalue weighted by Gasteiger charge is 2.19. The number of hydroxylamine groups is 1. The molecule has 3 rings (SSSR count). The number of primary sulfonamides is 1. The summed E-state index contributed by atoms with van der Waals surface area (Å²) in [5, 5.41) is 13.6. The number of amides is 1. The van der Waals surface area contributed by atoms with Gasteiger partial charge >= 0.3 is 0 Å². The van der Waals surface area contributed by atoms with Crippen LogP contribution in [0.15, 0.2) is 51.8 Å². The van der Waals surface area contributed by atoms with Gasteiger partial charge in [0.05, 0.1) is 9.92 Å². The zero-order valence-electron chi connectivity index (χ0n) is 15.4. The fourth-order valence-electron chi connectivity index (χ4n) is 2.76. The SMILES string of the molecule is NS(=O)(=O)c1ccc(-c2oc(CCCC(=O)NO)nc2-c2ccc(F)c(Cl)c2)cc1. The largest absolute Gasteiger partial charge is 0.440 e. The summed E-state index contributed by atoms with van der Waals surface area (Å²) in [6, 6.07) is 9.78. The number of sulfonamides is 1. The molecule has 0 spiro atoms. The van der Waals surface area contributed by atoms with Crippen molar-refractivity contribution < 1.29 is 27.2 Å². The molecular weight excluding hydrogens is 437 g/mol. The van der Waals surface area contributed by atoms with Crippen molar-refractivity contribution in [3.8, 4) is 22.6 Å². The smallest absolute Gasteiger partial charge is 0.243 e. The van der Waals surface area contributed by atoms with Gasteiger partial charge < -0.3 is 4.42 Å². The van der Waals surface area contributed by atoms with Crippen molar-refractivity contribution in [2.24, 2.45) is 5.14 Å². The number of rotatable bonds is 7. The molecule has 2 aromatic carbocycles. The number of aromatic nitrogens is 1. The van der Waals surface area contributed by atoms with Crippen LogP contribution in [0.25, 0.3) is 22.6 Å². The minimum atomic E-state index is -3.86. The van der Waals surface area contributed by atoms with Crippen LogP contribution in [-0.2, 0) is 21.2 Å². The van der Waals surface area contributed by atoms with E-state index in [1.807, 2.05) is 0 Å². The zero-order valence-corrected chi connectivity index (χ0v) is 17.0. The molecule has 0 saturated carbocycles. The molecule has 0 atom stereocenters. The summed E-state index contributed by atoms with van der Waals surface area (Å²) in [6.07, 6.45) is 0.722. The Labute approximate surface area is 176 Å². The average molecular weight is 454 g/mol. The van der Waals surface area contributed by atoms with E-state index in [-0.39, 0.29) is 16.3 Å². The van der Waals surface area contributed by atoms with E-state index in [0.717, 1.165) is 0 Å². The van der Waals surface area contributed by atoms with Gasteiger partial charge in [0.1, 0.15) is 11.5 Å². The number of hydrogen-bond acceptors (Lipinski definition) is 6. The van der Waals surface area contributed by atoms with Crippen LogP contribution < -0.4 is 10.6 Å².